The lowest BCUT2D eigenvalue weighted by Gasteiger charge is -2.06. The second kappa shape index (κ2) is 3.50. The highest BCUT2D eigenvalue weighted by atomic mass is 35.5. The van der Waals surface area contributed by atoms with E-state index in [1.54, 1.807) is 6.07 Å². The van der Waals surface area contributed by atoms with E-state index in [1.807, 2.05) is 0 Å². The highest BCUT2D eigenvalue weighted by Gasteiger charge is 2.16. The number of benzene rings is 1. The Morgan fingerprint density at radius 1 is 1.69 bits per heavy atom. The van der Waals surface area contributed by atoms with E-state index in [1.165, 1.54) is 7.11 Å². The first kappa shape index (κ1) is 9.62. The molecule has 0 aliphatic carbocycles. The molecule has 0 aliphatic rings. The van der Waals surface area contributed by atoms with Crippen LogP contribution in [0, 0.1) is 17.1 Å². The Bertz CT molecular complexity index is 387. The summed E-state index contributed by atoms with van der Waals surface area (Å²) in [6.45, 7) is 0. The third kappa shape index (κ3) is 1.51. The first-order chi connectivity index (χ1) is 6.11. The van der Waals surface area contributed by atoms with Crippen LogP contribution >= 0.6 is 11.6 Å². The molecule has 0 saturated carbocycles. The van der Waals surface area contributed by atoms with Crippen molar-refractivity contribution in [1.82, 2.24) is 0 Å². The Kier molecular flexibility index (Phi) is 2.59. The summed E-state index contributed by atoms with van der Waals surface area (Å²) in [7, 11) is 1.25. The molecule has 0 unspecified atom stereocenters. The number of phenols is 1. The van der Waals surface area contributed by atoms with Gasteiger partial charge >= 0.3 is 0 Å². The molecule has 0 aliphatic heterocycles. The number of hydrogen-bond acceptors (Lipinski definition) is 3. The fourth-order valence-corrected chi connectivity index (χ4v) is 1.04. The van der Waals surface area contributed by atoms with E-state index in [2.05, 4.69) is 4.74 Å². The zero-order valence-corrected chi connectivity index (χ0v) is 7.39. The average Bonchev–Trinajstić information content (AvgIpc) is 2.12. The molecule has 0 aromatic heterocycles. The third-order valence-electron chi connectivity index (χ3n) is 1.49. The quantitative estimate of drug-likeness (QED) is 0.757. The van der Waals surface area contributed by atoms with Gasteiger partial charge in [0.15, 0.2) is 11.5 Å². The maximum atomic E-state index is 12.9. The normalized spacial score (nSPS) is 9.38. The number of ether oxygens (including phenoxy) is 1. The third-order valence-corrected chi connectivity index (χ3v) is 1.86. The van der Waals surface area contributed by atoms with Crippen molar-refractivity contribution in [2.24, 2.45) is 0 Å². The summed E-state index contributed by atoms with van der Waals surface area (Å²) in [6.07, 6.45) is 0. The lowest BCUT2D eigenvalue weighted by Crippen LogP contribution is -1.90. The van der Waals surface area contributed by atoms with Gasteiger partial charge in [0.25, 0.3) is 0 Å². The predicted octanol–water partition coefficient (Wildman–Crippen LogP) is 2.06. The number of aromatic hydroxyl groups is 1. The summed E-state index contributed by atoms with van der Waals surface area (Å²) < 4.78 is 17.5. The van der Waals surface area contributed by atoms with Crippen molar-refractivity contribution in [3.63, 3.8) is 0 Å². The van der Waals surface area contributed by atoms with Crippen LogP contribution in [0.2, 0.25) is 5.02 Å². The maximum absolute atomic E-state index is 12.9. The number of rotatable bonds is 1. The Morgan fingerprint density at radius 3 is 2.77 bits per heavy atom. The summed E-state index contributed by atoms with van der Waals surface area (Å²) in [6, 6.07) is 2.49. The fourth-order valence-electron chi connectivity index (χ4n) is 0.851. The van der Waals surface area contributed by atoms with Gasteiger partial charge in [-0.15, -0.1) is 0 Å². The molecule has 0 spiro atoms. The van der Waals surface area contributed by atoms with Crippen molar-refractivity contribution >= 4 is 11.6 Å². The molecule has 1 rings (SSSR count). The van der Waals surface area contributed by atoms with Gasteiger partial charge in [-0.1, -0.05) is 11.6 Å². The minimum Gasteiger partial charge on any atom is -0.503 e. The molecule has 13 heavy (non-hydrogen) atoms. The molecule has 5 heteroatoms. The van der Waals surface area contributed by atoms with Crippen LogP contribution in [0.4, 0.5) is 4.39 Å². The molecule has 0 fully saturated rings. The number of nitriles is 1. The van der Waals surface area contributed by atoms with Crippen LogP contribution < -0.4 is 4.74 Å². The number of methoxy groups -OCH3 is 1. The van der Waals surface area contributed by atoms with E-state index < -0.39 is 16.6 Å². The summed E-state index contributed by atoms with van der Waals surface area (Å²) in [4.78, 5) is 0. The molecule has 0 heterocycles. The molecule has 3 nitrogen and oxygen atoms in total. The van der Waals surface area contributed by atoms with Crippen LogP contribution in [0.5, 0.6) is 11.5 Å². The van der Waals surface area contributed by atoms with E-state index in [9.17, 15) is 9.50 Å². The van der Waals surface area contributed by atoms with Crippen molar-refractivity contribution in [2.75, 3.05) is 7.11 Å². The van der Waals surface area contributed by atoms with Crippen molar-refractivity contribution in [3.05, 3.63) is 22.5 Å². The summed E-state index contributed by atoms with van der Waals surface area (Å²) in [5.74, 6) is -1.36. The number of nitrogens with zero attached hydrogens (tertiary/aromatic N) is 1. The maximum Gasteiger partial charge on any atom is 0.177 e. The van der Waals surface area contributed by atoms with Gasteiger partial charge in [-0.25, -0.2) is 4.39 Å². The molecule has 0 saturated heterocycles. The first-order valence-electron chi connectivity index (χ1n) is 3.26. The van der Waals surface area contributed by atoms with Gasteiger partial charge in [0.2, 0.25) is 0 Å². The van der Waals surface area contributed by atoms with Gasteiger partial charge in [0, 0.05) is 6.07 Å². The van der Waals surface area contributed by atoms with Gasteiger partial charge in [-0.3, -0.25) is 0 Å². The van der Waals surface area contributed by atoms with Gasteiger partial charge < -0.3 is 9.84 Å². The Labute approximate surface area is 78.9 Å². The highest BCUT2D eigenvalue weighted by molar-refractivity contribution is 6.32. The molecular formula is C8H5ClFNO2. The summed E-state index contributed by atoms with van der Waals surface area (Å²) in [5, 5.41) is 17.4. The molecule has 0 radical (unpaired) electrons. The van der Waals surface area contributed by atoms with Gasteiger partial charge in [-0.05, 0) is 0 Å². The summed E-state index contributed by atoms with van der Waals surface area (Å²) >= 11 is 5.41. The van der Waals surface area contributed by atoms with Crippen LogP contribution in [0.25, 0.3) is 0 Å². The van der Waals surface area contributed by atoms with E-state index >= 15 is 0 Å². The van der Waals surface area contributed by atoms with Crippen LogP contribution in [-0.4, -0.2) is 12.2 Å². The summed E-state index contributed by atoms with van der Waals surface area (Å²) in [5.41, 5.74) is -0.321. The predicted molar refractivity (Wildman–Crippen MR) is 44.3 cm³/mol. The number of phenolic OH excluding ortho intramolecular Hbond substituents is 1. The Balaban J connectivity index is 3.50. The van der Waals surface area contributed by atoms with E-state index in [4.69, 9.17) is 16.9 Å². The Morgan fingerprint density at radius 2 is 2.31 bits per heavy atom. The van der Waals surface area contributed by atoms with Crippen molar-refractivity contribution in [3.8, 4) is 17.6 Å². The average molecular weight is 202 g/mol. The van der Waals surface area contributed by atoms with E-state index in [0.29, 0.717) is 0 Å². The van der Waals surface area contributed by atoms with Gasteiger partial charge in [0.05, 0.1) is 12.1 Å². The molecule has 0 bridgehead atoms. The lowest BCUT2D eigenvalue weighted by atomic mass is 10.2. The minimum absolute atomic E-state index is 0.113. The Hall–Kier alpha value is -1.47. The van der Waals surface area contributed by atoms with Crippen molar-refractivity contribution < 1.29 is 14.2 Å². The number of halogens is 2. The largest absolute Gasteiger partial charge is 0.503 e. The smallest absolute Gasteiger partial charge is 0.177 e. The van der Waals surface area contributed by atoms with E-state index in [-0.39, 0.29) is 11.3 Å². The van der Waals surface area contributed by atoms with Crippen molar-refractivity contribution in [2.45, 2.75) is 0 Å². The zero-order valence-electron chi connectivity index (χ0n) is 6.64. The molecule has 68 valence electrons. The monoisotopic (exact) mass is 201 g/mol. The standard InChI is InChI=1S/C8H5ClFNO2/c1-13-6-2-5(10)7(9)4(3-11)8(6)12/h2,12H,1H3. The topological polar surface area (TPSA) is 53.2 Å². The second-order valence-electron chi connectivity index (χ2n) is 2.21. The van der Waals surface area contributed by atoms with Crippen LogP contribution in [0.1, 0.15) is 5.56 Å². The molecular weight excluding hydrogens is 197 g/mol. The van der Waals surface area contributed by atoms with Crippen LogP contribution in [-0.2, 0) is 0 Å². The molecule has 1 N–H and O–H groups in total. The van der Waals surface area contributed by atoms with Crippen LogP contribution in [0.15, 0.2) is 6.07 Å². The lowest BCUT2D eigenvalue weighted by molar-refractivity contribution is 0.369. The van der Waals surface area contributed by atoms with E-state index in [0.717, 1.165) is 6.07 Å². The molecule has 1 aromatic rings. The fraction of sp³-hybridized carbons (Fsp3) is 0.125. The highest BCUT2D eigenvalue weighted by Crippen LogP contribution is 2.36. The molecule has 0 atom stereocenters. The first-order valence-corrected chi connectivity index (χ1v) is 3.64. The SMILES string of the molecule is COc1cc(F)c(Cl)c(C#N)c1O. The van der Waals surface area contributed by atoms with Crippen LogP contribution in [0.3, 0.4) is 0 Å². The molecule has 1 aromatic carbocycles. The van der Waals surface area contributed by atoms with Gasteiger partial charge in [-0.2, -0.15) is 5.26 Å². The van der Waals surface area contributed by atoms with Crippen molar-refractivity contribution in [1.29, 1.82) is 5.26 Å². The van der Waals surface area contributed by atoms with Gasteiger partial charge in [0.1, 0.15) is 17.4 Å². The second-order valence-corrected chi connectivity index (χ2v) is 2.59. The molecule has 0 amide bonds. The zero-order chi connectivity index (χ0) is 10.0. The minimum atomic E-state index is -0.798. The number of hydrogen-bond donors (Lipinski definition) is 1.